The van der Waals surface area contributed by atoms with Crippen LogP contribution in [-0.4, -0.2) is 39.8 Å². The summed E-state index contributed by atoms with van der Waals surface area (Å²) >= 11 is 0. The van der Waals surface area contributed by atoms with Crippen molar-refractivity contribution in [2.45, 2.75) is 12.1 Å². The highest BCUT2D eigenvalue weighted by Crippen LogP contribution is 2.53. The van der Waals surface area contributed by atoms with Crippen molar-refractivity contribution in [1.29, 1.82) is 0 Å². The first-order chi connectivity index (χ1) is 17.0. The number of nitrogens with zero attached hydrogens (tertiary/aromatic N) is 4. The largest absolute Gasteiger partial charge is 0.292 e. The molecule has 3 heterocycles. The van der Waals surface area contributed by atoms with E-state index in [2.05, 4.69) is 5.10 Å². The van der Waals surface area contributed by atoms with Gasteiger partial charge in [0.1, 0.15) is 6.04 Å². The van der Waals surface area contributed by atoms with E-state index in [0.717, 1.165) is 16.0 Å². The molecule has 0 N–H and O–H groups in total. The van der Waals surface area contributed by atoms with Crippen LogP contribution < -0.4 is 4.90 Å². The van der Waals surface area contributed by atoms with Crippen LogP contribution in [-0.2, 0) is 9.59 Å². The second-order valence-corrected chi connectivity index (χ2v) is 8.71. The highest BCUT2D eigenvalue weighted by atomic mass is 16.6. The zero-order valence-electron chi connectivity index (χ0n) is 18.2. The predicted molar refractivity (Wildman–Crippen MR) is 126 cm³/mol. The highest BCUT2D eigenvalue weighted by molar-refractivity contribution is 6.24. The number of nitro benzene ring substituents is 1. The Morgan fingerprint density at radius 1 is 0.886 bits per heavy atom. The number of fused-ring (bicyclic) bond motifs is 5. The molecule has 0 saturated carbocycles. The van der Waals surface area contributed by atoms with E-state index in [1.165, 1.54) is 24.3 Å². The van der Waals surface area contributed by atoms with E-state index in [-0.39, 0.29) is 17.2 Å². The van der Waals surface area contributed by atoms with Crippen LogP contribution in [0.5, 0.6) is 0 Å². The van der Waals surface area contributed by atoms with Gasteiger partial charge in [0.25, 0.3) is 5.69 Å². The number of non-ortho nitro benzene ring substituents is 1. The van der Waals surface area contributed by atoms with Crippen LogP contribution >= 0.6 is 0 Å². The minimum Gasteiger partial charge on any atom is -0.292 e. The molecule has 3 aliphatic heterocycles. The number of hydrazone groups is 1. The average Bonchev–Trinajstić information content (AvgIpc) is 3.36. The fourth-order valence-corrected chi connectivity index (χ4v) is 5.44. The molecule has 35 heavy (non-hydrogen) atoms. The smallest absolute Gasteiger partial charge is 0.271 e. The standard InChI is InChI=1S/C26H18N4O5/c31-24(15-7-2-1-3-8-15)23-21-20(22-19-12-5-4-9-16(19)14-27-29(22)23)25(32)28(26(21)33)17-10-6-11-18(13-17)30(34)35/h1-14,20-23H/t20-,21-,22-,23+/m1/s1. The van der Waals surface area contributed by atoms with Crippen molar-refractivity contribution in [1.82, 2.24) is 5.01 Å². The maximum atomic E-state index is 13.8. The average molecular weight is 466 g/mol. The van der Waals surface area contributed by atoms with E-state index < -0.39 is 40.7 Å². The molecular weight excluding hydrogens is 448 g/mol. The number of ketones is 1. The van der Waals surface area contributed by atoms with Gasteiger partial charge in [-0.2, -0.15) is 5.10 Å². The van der Waals surface area contributed by atoms with Crippen LogP contribution in [0.4, 0.5) is 11.4 Å². The van der Waals surface area contributed by atoms with E-state index in [9.17, 15) is 24.5 Å². The van der Waals surface area contributed by atoms with Gasteiger partial charge >= 0.3 is 0 Å². The van der Waals surface area contributed by atoms with Gasteiger partial charge in [-0.05, 0) is 17.2 Å². The van der Waals surface area contributed by atoms with Crippen LogP contribution in [0.15, 0.2) is 84.0 Å². The molecule has 3 aromatic carbocycles. The maximum absolute atomic E-state index is 13.8. The predicted octanol–water partition coefficient (Wildman–Crippen LogP) is 3.36. The summed E-state index contributed by atoms with van der Waals surface area (Å²) in [5.41, 5.74) is 1.93. The molecule has 2 saturated heterocycles. The van der Waals surface area contributed by atoms with Gasteiger partial charge in [0.2, 0.25) is 11.8 Å². The van der Waals surface area contributed by atoms with E-state index in [1.807, 2.05) is 24.3 Å². The summed E-state index contributed by atoms with van der Waals surface area (Å²) in [5, 5.41) is 17.4. The molecule has 0 spiro atoms. The van der Waals surface area contributed by atoms with Crippen molar-refractivity contribution in [2.75, 3.05) is 4.90 Å². The molecule has 2 amide bonds. The summed E-state index contributed by atoms with van der Waals surface area (Å²) < 4.78 is 0. The van der Waals surface area contributed by atoms with Crippen LogP contribution in [0.2, 0.25) is 0 Å². The molecule has 0 aliphatic carbocycles. The molecule has 9 heteroatoms. The fraction of sp³-hybridized carbons (Fsp3) is 0.154. The molecule has 3 aromatic rings. The van der Waals surface area contributed by atoms with Crippen molar-refractivity contribution in [2.24, 2.45) is 16.9 Å². The summed E-state index contributed by atoms with van der Waals surface area (Å²) in [6.07, 6.45) is 1.64. The number of imide groups is 1. The Balaban J connectivity index is 1.50. The van der Waals surface area contributed by atoms with Crippen molar-refractivity contribution in [3.8, 4) is 0 Å². The number of hydrogen-bond acceptors (Lipinski definition) is 7. The van der Waals surface area contributed by atoms with Gasteiger partial charge in [-0.15, -0.1) is 0 Å². The number of amides is 2. The molecule has 4 atom stereocenters. The quantitative estimate of drug-likeness (QED) is 0.252. The van der Waals surface area contributed by atoms with Gasteiger partial charge < -0.3 is 0 Å². The molecular formula is C26H18N4O5. The van der Waals surface area contributed by atoms with Crippen LogP contribution in [0, 0.1) is 22.0 Å². The number of rotatable bonds is 4. The van der Waals surface area contributed by atoms with Crippen LogP contribution in [0.25, 0.3) is 0 Å². The first-order valence-corrected chi connectivity index (χ1v) is 11.1. The zero-order valence-corrected chi connectivity index (χ0v) is 18.2. The topological polar surface area (TPSA) is 113 Å². The van der Waals surface area contributed by atoms with Crippen molar-refractivity contribution >= 4 is 35.2 Å². The SMILES string of the molecule is O=C(c1ccccc1)[C@@H]1[C@@H]2C(=O)N(c3cccc([N+](=O)[O-])c3)C(=O)[C@H]2[C@H]2c3ccccc3C=NN12. The molecule has 0 bridgehead atoms. The van der Waals surface area contributed by atoms with Crippen molar-refractivity contribution in [3.63, 3.8) is 0 Å². The number of carbonyl (C=O) groups is 3. The summed E-state index contributed by atoms with van der Waals surface area (Å²) in [4.78, 5) is 53.0. The van der Waals surface area contributed by atoms with Crippen LogP contribution in [0.3, 0.4) is 0 Å². The fourth-order valence-electron chi connectivity index (χ4n) is 5.44. The minimum atomic E-state index is -0.989. The summed E-state index contributed by atoms with van der Waals surface area (Å²) in [6.45, 7) is 0. The Morgan fingerprint density at radius 3 is 2.37 bits per heavy atom. The molecule has 3 aliphatic rings. The minimum absolute atomic E-state index is 0.119. The molecule has 0 unspecified atom stereocenters. The Bertz CT molecular complexity index is 1440. The summed E-state index contributed by atoms with van der Waals surface area (Å²) in [5.74, 6) is -3.20. The zero-order chi connectivity index (χ0) is 24.3. The van der Waals surface area contributed by atoms with Gasteiger partial charge in [0.05, 0.1) is 34.7 Å². The molecule has 2 fully saturated rings. The van der Waals surface area contributed by atoms with Crippen molar-refractivity contribution < 1.29 is 19.3 Å². The molecule has 172 valence electrons. The van der Waals surface area contributed by atoms with Gasteiger partial charge in [0.15, 0.2) is 5.78 Å². The monoisotopic (exact) mass is 466 g/mol. The number of anilines is 1. The lowest BCUT2D eigenvalue weighted by molar-refractivity contribution is -0.384. The highest BCUT2D eigenvalue weighted by Gasteiger charge is 2.65. The van der Waals surface area contributed by atoms with E-state index in [0.29, 0.717) is 5.56 Å². The molecule has 6 rings (SSSR count). The number of Topliss-reactive ketones (excluding diaryl/α,β-unsaturated/α-hetero) is 1. The van der Waals surface area contributed by atoms with Gasteiger partial charge in [-0.3, -0.25) is 29.5 Å². The number of nitro groups is 1. The lowest BCUT2D eigenvalue weighted by atomic mass is 9.83. The maximum Gasteiger partial charge on any atom is 0.271 e. The summed E-state index contributed by atoms with van der Waals surface area (Å²) in [7, 11) is 0. The normalized spacial score (nSPS) is 24.2. The number of benzene rings is 3. The Labute approximate surface area is 199 Å². The molecule has 0 aromatic heterocycles. The third kappa shape index (κ3) is 3.01. The summed E-state index contributed by atoms with van der Waals surface area (Å²) in [6, 6.07) is 19.9. The lowest BCUT2D eigenvalue weighted by Crippen LogP contribution is -2.44. The Morgan fingerprint density at radius 2 is 1.60 bits per heavy atom. The molecule has 0 radical (unpaired) electrons. The first kappa shape index (κ1) is 20.9. The lowest BCUT2D eigenvalue weighted by Gasteiger charge is -2.33. The first-order valence-electron chi connectivity index (χ1n) is 11.1. The van der Waals surface area contributed by atoms with E-state index in [4.69, 9.17) is 0 Å². The third-order valence-corrected chi connectivity index (χ3v) is 6.92. The van der Waals surface area contributed by atoms with Crippen LogP contribution in [0.1, 0.15) is 27.5 Å². The Hall–Kier alpha value is -4.66. The van der Waals surface area contributed by atoms with Crippen molar-refractivity contribution in [3.05, 3.63) is 106 Å². The number of carbonyl (C=O) groups excluding carboxylic acids is 3. The second kappa shape index (κ2) is 7.69. The number of hydrogen-bond donors (Lipinski definition) is 0. The van der Waals surface area contributed by atoms with Gasteiger partial charge in [0, 0.05) is 17.7 Å². The second-order valence-electron chi connectivity index (χ2n) is 8.71. The van der Waals surface area contributed by atoms with Gasteiger partial charge in [-0.25, -0.2) is 4.90 Å². The molecule has 9 nitrogen and oxygen atoms in total. The Kier molecular flexibility index (Phi) is 4.60. The third-order valence-electron chi connectivity index (χ3n) is 6.92. The van der Waals surface area contributed by atoms with E-state index >= 15 is 0 Å². The van der Waals surface area contributed by atoms with Gasteiger partial charge in [-0.1, -0.05) is 60.7 Å². The van der Waals surface area contributed by atoms with E-state index in [1.54, 1.807) is 41.6 Å².